The Bertz CT molecular complexity index is 1720. The van der Waals surface area contributed by atoms with Crippen LogP contribution >= 0.6 is 0 Å². The fourth-order valence-electron chi connectivity index (χ4n) is 4.64. The Labute approximate surface area is 228 Å². The molecule has 1 saturated heterocycles. The molecule has 0 saturated carbocycles. The minimum atomic E-state index is -4.29. The minimum Gasteiger partial charge on any atom is -0.354 e. The molecule has 40 heavy (non-hydrogen) atoms. The first kappa shape index (κ1) is 27.6. The molecule has 2 aromatic heterocycles. The third-order valence-electron chi connectivity index (χ3n) is 6.75. The van der Waals surface area contributed by atoms with Crippen LogP contribution in [-0.4, -0.2) is 53.1 Å². The molecule has 0 spiro atoms. The normalized spacial score (nSPS) is 15.9. The van der Waals surface area contributed by atoms with E-state index in [9.17, 15) is 22.0 Å². The Morgan fingerprint density at radius 2 is 1.90 bits per heavy atom. The second kappa shape index (κ2) is 11.3. The lowest BCUT2D eigenvalue weighted by molar-refractivity contribution is 0.343. The molecule has 5 rings (SSSR count). The maximum absolute atomic E-state index is 15.5. The summed E-state index contributed by atoms with van der Waals surface area (Å²) in [6.07, 6.45) is 1.84. The van der Waals surface area contributed by atoms with E-state index in [0.717, 1.165) is 33.8 Å². The first-order valence-corrected chi connectivity index (χ1v) is 14.1. The van der Waals surface area contributed by atoms with Crippen molar-refractivity contribution in [1.29, 1.82) is 0 Å². The van der Waals surface area contributed by atoms with E-state index in [-0.39, 0.29) is 30.7 Å². The molecular weight excluding hydrogens is 545 g/mol. The van der Waals surface area contributed by atoms with Crippen LogP contribution in [0.2, 0.25) is 0 Å². The standard InChI is InChI=1S/C27H27F3N6O3S/c1-35-25-18(15-32-27(33-25)31-12-5-8-17-6-3-2-4-7-17)14-20(26(35)37)23-21(29)9-10-22(24(23)30)34-40(38,39)36-13-11-19(28)16-36/h2-4,6-7,9-10,14-15,19,34H,5,8,11-13,16H2,1H3,(H,31,32,33)/t19-/m1/s1. The van der Waals surface area contributed by atoms with Crippen LogP contribution in [-0.2, 0) is 23.7 Å². The van der Waals surface area contributed by atoms with Crippen molar-refractivity contribution in [2.24, 2.45) is 7.05 Å². The number of pyridine rings is 1. The number of nitrogens with one attached hydrogen (secondary N) is 2. The van der Waals surface area contributed by atoms with E-state index in [1.807, 2.05) is 35.1 Å². The third-order valence-corrected chi connectivity index (χ3v) is 8.24. The van der Waals surface area contributed by atoms with E-state index in [1.165, 1.54) is 24.9 Å². The van der Waals surface area contributed by atoms with Gasteiger partial charge in [0, 0.05) is 38.3 Å². The molecule has 1 aliphatic heterocycles. The van der Waals surface area contributed by atoms with Gasteiger partial charge < -0.3 is 5.32 Å². The van der Waals surface area contributed by atoms with Crippen molar-refractivity contribution < 1.29 is 21.6 Å². The quantitative estimate of drug-likeness (QED) is 0.294. The van der Waals surface area contributed by atoms with E-state index in [1.54, 1.807) is 0 Å². The Morgan fingerprint density at radius 1 is 1.12 bits per heavy atom. The summed E-state index contributed by atoms with van der Waals surface area (Å²) < 4.78 is 73.3. The molecule has 13 heteroatoms. The second-order valence-electron chi connectivity index (χ2n) is 9.55. The van der Waals surface area contributed by atoms with Crippen molar-refractivity contribution in [3.8, 4) is 11.1 Å². The van der Waals surface area contributed by atoms with Crippen LogP contribution in [0.3, 0.4) is 0 Å². The van der Waals surface area contributed by atoms with Gasteiger partial charge in [-0.1, -0.05) is 30.3 Å². The summed E-state index contributed by atoms with van der Waals surface area (Å²) in [5.41, 5.74) is -0.869. The number of aromatic nitrogens is 3. The van der Waals surface area contributed by atoms with Crippen LogP contribution in [0.5, 0.6) is 0 Å². The molecule has 2 aromatic carbocycles. The van der Waals surface area contributed by atoms with Crippen LogP contribution in [0, 0.1) is 11.6 Å². The first-order chi connectivity index (χ1) is 19.1. The molecule has 4 aromatic rings. The summed E-state index contributed by atoms with van der Waals surface area (Å²) in [6, 6.07) is 13.1. The topological polar surface area (TPSA) is 109 Å². The lowest BCUT2D eigenvalue weighted by atomic mass is 10.0. The lowest BCUT2D eigenvalue weighted by Crippen LogP contribution is -2.34. The summed E-state index contributed by atoms with van der Waals surface area (Å²) in [5.74, 6) is -2.03. The highest BCUT2D eigenvalue weighted by Gasteiger charge is 2.32. The molecule has 0 radical (unpaired) electrons. The van der Waals surface area contributed by atoms with Crippen molar-refractivity contribution in [1.82, 2.24) is 18.8 Å². The van der Waals surface area contributed by atoms with Gasteiger partial charge in [0.25, 0.3) is 5.56 Å². The van der Waals surface area contributed by atoms with Crippen LogP contribution in [0.15, 0.2) is 59.5 Å². The minimum absolute atomic E-state index is 0.0260. The van der Waals surface area contributed by atoms with Gasteiger partial charge in [-0.05, 0) is 43.0 Å². The molecule has 1 aliphatic rings. The number of nitrogens with zero attached hydrogens (tertiary/aromatic N) is 4. The van der Waals surface area contributed by atoms with Crippen molar-refractivity contribution >= 4 is 32.9 Å². The van der Waals surface area contributed by atoms with Gasteiger partial charge in [0.2, 0.25) is 5.95 Å². The number of fused-ring (bicyclic) bond motifs is 1. The average Bonchev–Trinajstić information content (AvgIpc) is 3.39. The van der Waals surface area contributed by atoms with Crippen LogP contribution in [0.25, 0.3) is 22.2 Å². The number of aryl methyl sites for hydroxylation is 2. The second-order valence-corrected chi connectivity index (χ2v) is 11.2. The van der Waals surface area contributed by atoms with Gasteiger partial charge in [-0.3, -0.25) is 14.1 Å². The summed E-state index contributed by atoms with van der Waals surface area (Å²) in [7, 11) is -2.87. The van der Waals surface area contributed by atoms with Gasteiger partial charge in [0.1, 0.15) is 17.6 Å². The Kier molecular flexibility index (Phi) is 7.76. The SMILES string of the molecule is Cn1c(=O)c(-c2c(F)ccc(NS(=O)(=O)N3CC[C@@H](F)C3)c2F)cc2cnc(NCCCc3ccccc3)nc21. The number of rotatable bonds is 9. The first-order valence-electron chi connectivity index (χ1n) is 12.7. The van der Waals surface area contributed by atoms with Crippen molar-refractivity contribution in [2.45, 2.75) is 25.4 Å². The number of hydrogen-bond donors (Lipinski definition) is 2. The number of benzene rings is 2. The number of alkyl halides is 1. The molecule has 0 unspecified atom stereocenters. The average molecular weight is 573 g/mol. The van der Waals surface area contributed by atoms with Gasteiger partial charge in [-0.2, -0.15) is 17.7 Å². The molecule has 3 heterocycles. The van der Waals surface area contributed by atoms with E-state index < -0.39 is 44.8 Å². The molecule has 2 N–H and O–H groups in total. The molecular formula is C27H27F3N6O3S. The van der Waals surface area contributed by atoms with Gasteiger partial charge in [-0.25, -0.2) is 18.2 Å². The monoisotopic (exact) mass is 572 g/mol. The van der Waals surface area contributed by atoms with Crippen LogP contribution in [0.4, 0.5) is 24.8 Å². The van der Waals surface area contributed by atoms with Crippen LogP contribution < -0.4 is 15.6 Å². The number of halogens is 3. The predicted molar refractivity (Wildman–Crippen MR) is 147 cm³/mol. The Hall–Kier alpha value is -3.97. The van der Waals surface area contributed by atoms with Crippen molar-refractivity contribution in [3.05, 3.63) is 82.3 Å². The highest BCUT2D eigenvalue weighted by atomic mass is 32.2. The van der Waals surface area contributed by atoms with E-state index in [0.29, 0.717) is 17.9 Å². The van der Waals surface area contributed by atoms with Gasteiger partial charge in [0.05, 0.1) is 16.8 Å². The van der Waals surface area contributed by atoms with Gasteiger partial charge in [-0.15, -0.1) is 0 Å². The molecule has 210 valence electrons. The van der Waals surface area contributed by atoms with E-state index >= 15 is 4.39 Å². The van der Waals surface area contributed by atoms with E-state index in [4.69, 9.17) is 0 Å². The van der Waals surface area contributed by atoms with Crippen LogP contribution in [0.1, 0.15) is 18.4 Å². The number of anilines is 2. The van der Waals surface area contributed by atoms with Crippen molar-refractivity contribution in [3.63, 3.8) is 0 Å². The highest BCUT2D eigenvalue weighted by molar-refractivity contribution is 7.90. The zero-order valence-corrected chi connectivity index (χ0v) is 22.4. The molecule has 9 nitrogen and oxygen atoms in total. The van der Waals surface area contributed by atoms with Gasteiger partial charge in [0.15, 0.2) is 5.82 Å². The third kappa shape index (κ3) is 5.65. The Balaban J connectivity index is 1.40. The predicted octanol–water partition coefficient (Wildman–Crippen LogP) is 4.02. The lowest BCUT2D eigenvalue weighted by Gasteiger charge is -2.18. The summed E-state index contributed by atoms with van der Waals surface area (Å²) in [6.45, 7) is 0.163. The van der Waals surface area contributed by atoms with E-state index in [2.05, 4.69) is 15.3 Å². The molecule has 1 atom stereocenters. The summed E-state index contributed by atoms with van der Waals surface area (Å²) in [5, 5.41) is 3.47. The zero-order chi connectivity index (χ0) is 28.4. The summed E-state index contributed by atoms with van der Waals surface area (Å²) >= 11 is 0. The summed E-state index contributed by atoms with van der Waals surface area (Å²) in [4.78, 5) is 21.9. The molecule has 1 fully saturated rings. The molecule has 0 bridgehead atoms. The Morgan fingerprint density at radius 3 is 2.62 bits per heavy atom. The fraction of sp³-hybridized carbons (Fsp3) is 0.296. The smallest absolute Gasteiger partial charge is 0.301 e. The molecule has 0 amide bonds. The zero-order valence-electron chi connectivity index (χ0n) is 21.6. The molecule has 0 aliphatic carbocycles. The highest BCUT2D eigenvalue weighted by Crippen LogP contribution is 2.31. The van der Waals surface area contributed by atoms with Crippen molar-refractivity contribution in [2.75, 3.05) is 29.7 Å². The maximum atomic E-state index is 15.5. The van der Waals surface area contributed by atoms with Gasteiger partial charge >= 0.3 is 10.2 Å². The largest absolute Gasteiger partial charge is 0.354 e. The fourth-order valence-corrected chi connectivity index (χ4v) is 5.90. The maximum Gasteiger partial charge on any atom is 0.301 e. The number of hydrogen-bond acceptors (Lipinski definition) is 6.